The molecule has 0 heterocycles. The molecule has 0 amide bonds. The van der Waals surface area contributed by atoms with Crippen LogP contribution in [0.25, 0.3) is 0 Å². The summed E-state index contributed by atoms with van der Waals surface area (Å²) >= 11 is 0. The van der Waals surface area contributed by atoms with Gasteiger partial charge >= 0.3 is 0 Å². The van der Waals surface area contributed by atoms with Gasteiger partial charge in [-0.15, -0.1) is 0 Å². The van der Waals surface area contributed by atoms with Gasteiger partial charge in [-0.05, 0) is 94.8 Å². The van der Waals surface area contributed by atoms with Gasteiger partial charge in [0.1, 0.15) is 0 Å². The Bertz CT molecular complexity index is 476. The summed E-state index contributed by atoms with van der Waals surface area (Å²) in [4.78, 5) is 3.04. The summed E-state index contributed by atoms with van der Waals surface area (Å²) in [6, 6.07) is 0.897. The maximum absolute atomic E-state index is 3.04. The molecule has 0 radical (unpaired) electrons. The van der Waals surface area contributed by atoms with E-state index in [4.69, 9.17) is 0 Å². The first kappa shape index (κ1) is 22.9. The normalized spacial score (nSPS) is 31.3. The highest BCUT2D eigenvalue weighted by Crippen LogP contribution is 2.36. The van der Waals surface area contributed by atoms with Gasteiger partial charge in [0.2, 0.25) is 0 Å². The molecule has 1 heteroatoms. The molecule has 4 rings (SSSR count). The Morgan fingerprint density at radius 2 is 1.07 bits per heavy atom. The van der Waals surface area contributed by atoms with Crippen LogP contribution >= 0.6 is 0 Å². The van der Waals surface area contributed by atoms with Crippen LogP contribution in [0.3, 0.4) is 0 Å². The lowest BCUT2D eigenvalue weighted by atomic mass is 9.79. The number of allylic oxidation sites excluding steroid dienone is 2. The highest BCUT2D eigenvalue weighted by atomic mass is 15.2. The largest absolute Gasteiger partial charge is 0.300 e. The summed E-state index contributed by atoms with van der Waals surface area (Å²) in [5.74, 6) is 3.82. The van der Waals surface area contributed by atoms with Gasteiger partial charge < -0.3 is 0 Å². The van der Waals surface area contributed by atoms with Crippen molar-refractivity contribution in [1.82, 2.24) is 4.90 Å². The maximum Gasteiger partial charge on any atom is 0.00959 e. The molecule has 0 aromatic carbocycles. The Balaban J connectivity index is 1.30. The van der Waals surface area contributed by atoms with Crippen LogP contribution in [-0.2, 0) is 0 Å². The highest BCUT2D eigenvalue weighted by molar-refractivity contribution is 5.07. The quantitative estimate of drug-likeness (QED) is 0.378. The van der Waals surface area contributed by atoms with Crippen molar-refractivity contribution in [1.29, 1.82) is 0 Å². The molecular formula is C29H51N. The van der Waals surface area contributed by atoms with Crippen molar-refractivity contribution in [2.45, 2.75) is 135 Å². The molecule has 0 aromatic rings. The zero-order valence-corrected chi connectivity index (χ0v) is 20.3. The van der Waals surface area contributed by atoms with Crippen molar-refractivity contribution in [2.24, 2.45) is 23.7 Å². The fourth-order valence-electron chi connectivity index (χ4n) is 7.47. The molecular weight excluding hydrogens is 362 g/mol. The van der Waals surface area contributed by atoms with Gasteiger partial charge in [-0.1, -0.05) is 69.4 Å². The predicted molar refractivity (Wildman–Crippen MR) is 131 cm³/mol. The lowest BCUT2D eigenvalue weighted by molar-refractivity contribution is 0.0869. The second-order valence-corrected chi connectivity index (χ2v) is 11.8. The zero-order chi connectivity index (χ0) is 20.6. The van der Waals surface area contributed by atoms with Crippen LogP contribution in [0.5, 0.6) is 0 Å². The molecule has 0 aromatic heterocycles. The van der Waals surface area contributed by atoms with E-state index in [2.05, 4.69) is 17.9 Å². The van der Waals surface area contributed by atoms with Crippen LogP contribution in [0.1, 0.15) is 129 Å². The average Bonchev–Trinajstić information content (AvgIpc) is 2.81. The predicted octanol–water partition coefficient (Wildman–Crippen LogP) is 8.53. The van der Waals surface area contributed by atoms with Crippen LogP contribution in [0.2, 0.25) is 0 Å². The van der Waals surface area contributed by atoms with E-state index in [1.54, 1.807) is 5.57 Å². The van der Waals surface area contributed by atoms with Crippen molar-refractivity contribution < 1.29 is 0 Å². The van der Waals surface area contributed by atoms with Gasteiger partial charge in [-0.3, -0.25) is 4.90 Å². The van der Waals surface area contributed by atoms with Crippen molar-refractivity contribution in [3.05, 3.63) is 11.6 Å². The minimum Gasteiger partial charge on any atom is -0.300 e. The number of rotatable bonds is 7. The molecule has 0 unspecified atom stereocenters. The van der Waals surface area contributed by atoms with Gasteiger partial charge in [0.25, 0.3) is 0 Å². The highest BCUT2D eigenvalue weighted by Gasteiger charge is 2.30. The van der Waals surface area contributed by atoms with Crippen LogP contribution in [0.15, 0.2) is 11.6 Å². The van der Waals surface area contributed by atoms with Gasteiger partial charge in [0.15, 0.2) is 0 Å². The third kappa shape index (κ3) is 6.85. The van der Waals surface area contributed by atoms with Gasteiger partial charge in [-0.2, -0.15) is 0 Å². The summed E-state index contributed by atoms with van der Waals surface area (Å²) in [5, 5.41) is 0. The average molecular weight is 414 g/mol. The van der Waals surface area contributed by atoms with Gasteiger partial charge in [0.05, 0.1) is 0 Å². The summed E-state index contributed by atoms with van der Waals surface area (Å²) in [7, 11) is 0. The smallest absolute Gasteiger partial charge is 0.00959 e. The number of hydrogen-bond donors (Lipinski definition) is 0. The molecule has 4 aliphatic rings. The molecule has 0 saturated heterocycles. The Hall–Kier alpha value is -0.300. The lowest BCUT2D eigenvalue weighted by Crippen LogP contribution is -2.44. The first-order valence-corrected chi connectivity index (χ1v) is 14.2. The number of hydrogen-bond acceptors (Lipinski definition) is 1. The topological polar surface area (TPSA) is 3.24 Å². The van der Waals surface area contributed by atoms with Crippen LogP contribution in [-0.4, -0.2) is 24.0 Å². The van der Waals surface area contributed by atoms with Gasteiger partial charge in [-0.25, -0.2) is 0 Å². The maximum atomic E-state index is 3.04. The molecule has 4 saturated carbocycles. The van der Waals surface area contributed by atoms with Crippen molar-refractivity contribution in [3.8, 4) is 0 Å². The Kier molecular flexibility index (Phi) is 9.21. The summed E-state index contributed by atoms with van der Waals surface area (Å²) < 4.78 is 0. The third-order valence-corrected chi connectivity index (χ3v) is 9.44. The van der Waals surface area contributed by atoms with Crippen molar-refractivity contribution >= 4 is 0 Å². The first-order chi connectivity index (χ1) is 14.8. The second kappa shape index (κ2) is 12.1. The number of nitrogens with zero attached hydrogens (tertiary/aromatic N) is 1. The Labute approximate surface area is 188 Å². The molecule has 172 valence electrons. The minimum absolute atomic E-state index is 0.884. The van der Waals surface area contributed by atoms with E-state index >= 15 is 0 Å². The van der Waals surface area contributed by atoms with Crippen LogP contribution < -0.4 is 0 Å². The third-order valence-electron chi connectivity index (χ3n) is 9.44. The fourth-order valence-corrected chi connectivity index (χ4v) is 7.47. The minimum atomic E-state index is 0.884. The van der Waals surface area contributed by atoms with E-state index in [0.717, 1.165) is 29.7 Å². The van der Waals surface area contributed by atoms with E-state index in [0.29, 0.717) is 0 Å². The van der Waals surface area contributed by atoms with E-state index in [1.807, 2.05) is 0 Å². The molecule has 0 aliphatic heterocycles. The summed E-state index contributed by atoms with van der Waals surface area (Å²) in [6.07, 6.45) is 31.0. The second-order valence-electron chi connectivity index (χ2n) is 11.8. The van der Waals surface area contributed by atoms with Crippen molar-refractivity contribution in [3.63, 3.8) is 0 Å². The Morgan fingerprint density at radius 1 is 0.600 bits per heavy atom. The molecule has 4 fully saturated rings. The SMILES string of the molecule is CC(=CC1CCC(N(CC2CCCCC2)CC2CCCCC2)CC1)C1CCCCC1. The zero-order valence-electron chi connectivity index (χ0n) is 20.3. The fraction of sp³-hybridized carbons (Fsp3) is 0.931. The molecule has 1 nitrogen and oxygen atoms in total. The van der Waals surface area contributed by atoms with E-state index < -0.39 is 0 Å². The van der Waals surface area contributed by atoms with E-state index in [1.165, 1.54) is 135 Å². The van der Waals surface area contributed by atoms with Crippen LogP contribution in [0.4, 0.5) is 0 Å². The lowest BCUT2D eigenvalue weighted by Gasteiger charge is -2.41. The molecule has 0 spiro atoms. The van der Waals surface area contributed by atoms with E-state index in [9.17, 15) is 0 Å². The van der Waals surface area contributed by atoms with Gasteiger partial charge in [0, 0.05) is 19.1 Å². The molecule has 0 N–H and O–H groups in total. The van der Waals surface area contributed by atoms with Crippen LogP contribution in [0, 0.1) is 23.7 Å². The first-order valence-electron chi connectivity index (χ1n) is 14.2. The monoisotopic (exact) mass is 413 g/mol. The molecule has 0 atom stereocenters. The summed E-state index contributed by atoms with van der Waals surface area (Å²) in [5.41, 5.74) is 1.75. The Morgan fingerprint density at radius 3 is 1.57 bits per heavy atom. The summed E-state index contributed by atoms with van der Waals surface area (Å²) in [6.45, 7) is 5.33. The molecule has 30 heavy (non-hydrogen) atoms. The standard InChI is InChI=1S/C29H51N/c1-24(28-15-9-4-10-16-28)21-25-17-19-29(20-18-25)30(22-26-11-5-2-6-12-26)23-27-13-7-3-8-14-27/h21,25-29H,2-20,22-23H2,1H3. The molecule has 0 bridgehead atoms. The van der Waals surface area contributed by atoms with Crippen molar-refractivity contribution in [2.75, 3.05) is 13.1 Å². The molecule has 4 aliphatic carbocycles. The van der Waals surface area contributed by atoms with E-state index in [-0.39, 0.29) is 0 Å².